The summed E-state index contributed by atoms with van der Waals surface area (Å²) in [7, 11) is 0. The van der Waals surface area contributed by atoms with Crippen LogP contribution in [0.1, 0.15) is 18.4 Å². The molecule has 2 rings (SSSR count). The Bertz CT molecular complexity index is 332. The maximum Gasteiger partial charge on any atom is 0.224 e. The van der Waals surface area contributed by atoms with Crippen LogP contribution in [-0.4, -0.2) is 27.7 Å². The van der Waals surface area contributed by atoms with Gasteiger partial charge in [-0.15, -0.1) is 0 Å². The molecule has 1 aliphatic heterocycles. The largest absolute Gasteiger partial charge is 0.396 e. The Hall–Kier alpha value is -0.870. The van der Waals surface area contributed by atoms with Crippen LogP contribution in [0.2, 0.25) is 5.28 Å². The second kappa shape index (κ2) is 4.11. The third kappa shape index (κ3) is 1.96. The van der Waals surface area contributed by atoms with E-state index in [1.807, 2.05) is 0 Å². The molecule has 5 heteroatoms. The lowest BCUT2D eigenvalue weighted by atomic mass is 10.0. The van der Waals surface area contributed by atoms with Crippen LogP contribution in [0.5, 0.6) is 0 Å². The molecule has 0 aromatic carbocycles. The summed E-state index contributed by atoms with van der Waals surface area (Å²) in [6.07, 6.45) is 4.47. The number of anilines is 1. The minimum atomic E-state index is 0.200. The Kier molecular flexibility index (Phi) is 2.84. The Morgan fingerprint density at radius 3 is 3.29 bits per heavy atom. The third-order valence-electron chi connectivity index (χ3n) is 2.42. The van der Waals surface area contributed by atoms with Crippen LogP contribution in [0.3, 0.4) is 0 Å². The second-order valence-corrected chi connectivity index (χ2v) is 3.74. The highest BCUT2D eigenvalue weighted by Crippen LogP contribution is 2.24. The maximum atomic E-state index is 8.82. The normalized spacial score (nSPS) is 20.0. The Labute approximate surface area is 87.3 Å². The van der Waals surface area contributed by atoms with Crippen LogP contribution in [0.25, 0.3) is 0 Å². The summed E-state index contributed by atoms with van der Waals surface area (Å²) in [6, 6.07) is 0.304. The van der Waals surface area contributed by atoms with Gasteiger partial charge in [0.2, 0.25) is 5.28 Å². The Balaban J connectivity index is 2.16. The van der Waals surface area contributed by atoms with Gasteiger partial charge >= 0.3 is 0 Å². The quantitative estimate of drug-likeness (QED) is 0.726. The van der Waals surface area contributed by atoms with Gasteiger partial charge < -0.3 is 10.4 Å². The number of hydrogen-bond acceptors (Lipinski definition) is 4. The summed E-state index contributed by atoms with van der Waals surface area (Å²) in [4.78, 5) is 8.04. The van der Waals surface area contributed by atoms with E-state index in [1.165, 1.54) is 0 Å². The molecule has 76 valence electrons. The summed E-state index contributed by atoms with van der Waals surface area (Å²) in [5.74, 6) is 0.815. The van der Waals surface area contributed by atoms with E-state index < -0.39 is 0 Å². The highest BCUT2D eigenvalue weighted by Gasteiger charge is 2.18. The molecule has 0 saturated heterocycles. The fourth-order valence-electron chi connectivity index (χ4n) is 1.66. The predicted molar refractivity (Wildman–Crippen MR) is 54.5 cm³/mol. The first-order valence-electron chi connectivity index (χ1n) is 4.68. The van der Waals surface area contributed by atoms with Gasteiger partial charge in [-0.05, 0) is 30.9 Å². The summed E-state index contributed by atoms with van der Waals surface area (Å²) in [5, 5.41) is 12.3. The average molecular weight is 214 g/mol. The molecule has 1 atom stereocenters. The van der Waals surface area contributed by atoms with Crippen LogP contribution in [-0.2, 0) is 6.42 Å². The van der Waals surface area contributed by atoms with Crippen LogP contribution in [0.4, 0.5) is 5.82 Å². The molecule has 0 amide bonds. The van der Waals surface area contributed by atoms with Gasteiger partial charge in [0.1, 0.15) is 5.82 Å². The highest BCUT2D eigenvalue weighted by molar-refractivity contribution is 6.28. The summed E-state index contributed by atoms with van der Waals surface area (Å²) in [5.41, 5.74) is 1.10. The lowest BCUT2D eigenvalue weighted by Crippen LogP contribution is -2.27. The molecule has 0 spiro atoms. The van der Waals surface area contributed by atoms with Crippen LogP contribution in [0, 0.1) is 0 Å². The molecule has 1 aromatic rings. The van der Waals surface area contributed by atoms with Crippen molar-refractivity contribution in [2.75, 3.05) is 11.9 Å². The van der Waals surface area contributed by atoms with Crippen molar-refractivity contribution in [2.24, 2.45) is 0 Å². The molecule has 2 heterocycles. The van der Waals surface area contributed by atoms with Crippen molar-refractivity contribution in [2.45, 2.75) is 25.3 Å². The van der Waals surface area contributed by atoms with Crippen molar-refractivity contribution in [1.29, 1.82) is 0 Å². The Morgan fingerprint density at radius 2 is 2.50 bits per heavy atom. The van der Waals surface area contributed by atoms with Gasteiger partial charge in [0.05, 0.1) is 0 Å². The smallest absolute Gasteiger partial charge is 0.224 e. The first-order valence-corrected chi connectivity index (χ1v) is 5.06. The van der Waals surface area contributed by atoms with Crippen molar-refractivity contribution in [1.82, 2.24) is 9.97 Å². The number of aryl methyl sites for hydroxylation is 1. The highest BCUT2D eigenvalue weighted by atomic mass is 35.5. The van der Waals surface area contributed by atoms with E-state index in [9.17, 15) is 0 Å². The second-order valence-electron chi connectivity index (χ2n) is 3.41. The van der Waals surface area contributed by atoms with Gasteiger partial charge in [-0.3, -0.25) is 0 Å². The summed E-state index contributed by atoms with van der Waals surface area (Å²) < 4.78 is 0. The molecule has 1 aliphatic rings. The fourth-order valence-corrected chi connectivity index (χ4v) is 1.79. The van der Waals surface area contributed by atoms with Gasteiger partial charge in [0.15, 0.2) is 0 Å². The van der Waals surface area contributed by atoms with E-state index >= 15 is 0 Å². The predicted octanol–water partition coefficient (Wildman–Crippen LogP) is 1.24. The first kappa shape index (κ1) is 9.68. The molecule has 0 saturated carbocycles. The Morgan fingerprint density at radius 1 is 1.64 bits per heavy atom. The standard InChI is InChI=1S/C9H12ClN3O/c10-9-11-5-6-1-2-7(3-4-14)12-8(6)13-9/h5,7,14H,1-4H2,(H,11,12,13)/t7-/m1/s1. The molecular formula is C9H12ClN3O. The van der Waals surface area contributed by atoms with E-state index in [0.717, 1.165) is 30.6 Å². The van der Waals surface area contributed by atoms with E-state index in [0.29, 0.717) is 6.04 Å². The molecule has 4 nitrogen and oxygen atoms in total. The third-order valence-corrected chi connectivity index (χ3v) is 2.60. The van der Waals surface area contributed by atoms with Crippen LogP contribution < -0.4 is 5.32 Å². The number of aliphatic hydroxyl groups is 1. The van der Waals surface area contributed by atoms with Crippen molar-refractivity contribution < 1.29 is 5.11 Å². The van der Waals surface area contributed by atoms with E-state index in [2.05, 4.69) is 15.3 Å². The number of aromatic nitrogens is 2. The minimum absolute atomic E-state index is 0.200. The number of nitrogens with zero attached hydrogens (tertiary/aromatic N) is 2. The summed E-state index contributed by atoms with van der Waals surface area (Å²) in [6.45, 7) is 0.200. The molecule has 1 aromatic heterocycles. The topological polar surface area (TPSA) is 58.0 Å². The number of hydrogen-bond donors (Lipinski definition) is 2. The molecule has 2 N–H and O–H groups in total. The fraction of sp³-hybridized carbons (Fsp3) is 0.556. The van der Waals surface area contributed by atoms with Crippen molar-refractivity contribution in [3.05, 3.63) is 17.0 Å². The number of aliphatic hydroxyl groups excluding tert-OH is 1. The van der Waals surface area contributed by atoms with Crippen molar-refractivity contribution in [3.63, 3.8) is 0 Å². The summed E-state index contributed by atoms with van der Waals surface area (Å²) >= 11 is 5.69. The lowest BCUT2D eigenvalue weighted by Gasteiger charge is -2.25. The van der Waals surface area contributed by atoms with Gasteiger partial charge in [-0.2, -0.15) is 0 Å². The average Bonchev–Trinajstić information content (AvgIpc) is 2.17. The van der Waals surface area contributed by atoms with Crippen LogP contribution in [0.15, 0.2) is 6.20 Å². The molecule has 0 fully saturated rings. The number of rotatable bonds is 2. The minimum Gasteiger partial charge on any atom is -0.396 e. The van der Waals surface area contributed by atoms with E-state index in [4.69, 9.17) is 16.7 Å². The zero-order valence-electron chi connectivity index (χ0n) is 7.70. The van der Waals surface area contributed by atoms with Crippen molar-refractivity contribution >= 4 is 17.4 Å². The number of fused-ring (bicyclic) bond motifs is 1. The van der Waals surface area contributed by atoms with Gasteiger partial charge in [0.25, 0.3) is 0 Å². The van der Waals surface area contributed by atoms with Gasteiger partial charge in [-0.25, -0.2) is 9.97 Å². The SMILES string of the molecule is OCC[C@H]1CCc2cnc(Cl)nc2N1. The maximum absolute atomic E-state index is 8.82. The molecular weight excluding hydrogens is 202 g/mol. The van der Waals surface area contributed by atoms with Gasteiger partial charge in [0, 0.05) is 24.4 Å². The first-order chi connectivity index (χ1) is 6.79. The molecule has 14 heavy (non-hydrogen) atoms. The molecule has 0 unspecified atom stereocenters. The van der Waals surface area contributed by atoms with Gasteiger partial charge in [-0.1, -0.05) is 0 Å². The van der Waals surface area contributed by atoms with E-state index in [1.54, 1.807) is 6.20 Å². The van der Waals surface area contributed by atoms with Crippen LogP contribution >= 0.6 is 11.6 Å². The zero-order valence-corrected chi connectivity index (χ0v) is 8.46. The molecule has 0 radical (unpaired) electrons. The molecule has 0 bridgehead atoms. The number of nitrogens with one attached hydrogen (secondary N) is 1. The number of halogens is 1. The zero-order chi connectivity index (χ0) is 9.97. The molecule has 0 aliphatic carbocycles. The lowest BCUT2D eigenvalue weighted by molar-refractivity contribution is 0.276. The van der Waals surface area contributed by atoms with Crippen molar-refractivity contribution in [3.8, 4) is 0 Å². The van der Waals surface area contributed by atoms with E-state index in [-0.39, 0.29) is 11.9 Å². The monoisotopic (exact) mass is 213 g/mol.